The monoisotopic (exact) mass is 299 g/mol. The van der Waals surface area contributed by atoms with E-state index in [1.165, 1.54) is 0 Å². The summed E-state index contributed by atoms with van der Waals surface area (Å²) in [5.41, 5.74) is 3.68. The molecule has 2 aromatic heterocycles. The van der Waals surface area contributed by atoms with Crippen molar-refractivity contribution >= 4 is 5.91 Å². The molecule has 0 aliphatic heterocycles. The molecule has 0 saturated heterocycles. The van der Waals surface area contributed by atoms with E-state index in [-0.39, 0.29) is 11.5 Å². The Hall–Kier alpha value is -2.43. The number of hydrogen-bond donors (Lipinski definition) is 2. The number of aromatic nitrogens is 2. The third-order valence-electron chi connectivity index (χ3n) is 3.54. The molecule has 0 radical (unpaired) electrons. The van der Waals surface area contributed by atoms with Crippen molar-refractivity contribution in [1.29, 1.82) is 0 Å². The molecule has 0 fully saturated rings. The molecule has 0 aliphatic carbocycles. The molecule has 0 saturated carbocycles. The summed E-state index contributed by atoms with van der Waals surface area (Å²) in [4.78, 5) is 30.9. The first kappa shape index (κ1) is 15.9. The molecular formula is C17H21N3O2. The summed E-state index contributed by atoms with van der Waals surface area (Å²) in [5, 5.41) is 2.84. The maximum absolute atomic E-state index is 12.0. The van der Waals surface area contributed by atoms with Gasteiger partial charge in [0.15, 0.2) is 0 Å². The van der Waals surface area contributed by atoms with Crippen molar-refractivity contribution in [1.82, 2.24) is 15.3 Å². The highest BCUT2D eigenvalue weighted by Crippen LogP contribution is 2.22. The van der Waals surface area contributed by atoms with Gasteiger partial charge in [-0.05, 0) is 31.9 Å². The highest BCUT2D eigenvalue weighted by Gasteiger charge is 2.11. The zero-order valence-electron chi connectivity index (χ0n) is 13.2. The van der Waals surface area contributed by atoms with E-state index in [9.17, 15) is 9.59 Å². The first-order chi connectivity index (χ1) is 10.6. The van der Waals surface area contributed by atoms with Crippen molar-refractivity contribution in [3.05, 3.63) is 51.7 Å². The zero-order chi connectivity index (χ0) is 16.1. The van der Waals surface area contributed by atoms with Crippen LogP contribution in [0.15, 0.2) is 29.3 Å². The number of aryl methyl sites for hydroxylation is 2. The molecule has 2 aromatic rings. The largest absolute Gasteiger partial charge is 0.352 e. The summed E-state index contributed by atoms with van der Waals surface area (Å²) in [5.74, 6) is -0.131. The second kappa shape index (κ2) is 7.02. The Morgan fingerprint density at radius 2 is 2.05 bits per heavy atom. The SMILES string of the molecule is CCCNC(=O)c1cncc(-c2cc(CC)c(=O)[nH]c2C)c1. The number of nitrogens with one attached hydrogen (secondary N) is 2. The van der Waals surface area contributed by atoms with Crippen LogP contribution in [0.3, 0.4) is 0 Å². The van der Waals surface area contributed by atoms with Crippen molar-refractivity contribution in [2.75, 3.05) is 6.54 Å². The first-order valence-electron chi connectivity index (χ1n) is 7.53. The Morgan fingerprint density at radius 3 is 2.73 bits per heavy atom. The van der Waals surface area contributed by atoms with Crippen LogP contribution < -0.4 is 10.9 Å². The van der Waals surface area contributed by atoms with Crippen LogP contribution in [-0.2, 0) is 6.42 Å². The lowest BCUT2D eigenvalue weighted by atomic mass is 10.0. The second-order valence-electron chi connectivity index (χ2n) is 5.23. The number of hydrogen-bond acceptors (Lipinski definition) is 3. The van der Waals surface area contributed by atoms with Gasteiger partial charge in [-0.15, -0.1) is 0 Å². The van der Waals surface area contributed by atoms with Crippen LogP contribution in [0, 0.1) is 6.92 Å². The molecule has 0 spiro atoms. The third-order valence-corrected chi connectivity index (χ3v) is 3.54. The quantitative estimate of drug-likeness (QED) is 0.890. The van der Waals surface area contributed by atoms with Gasteiger partial charge >= 0.3 is 0 Å². The Labute approximate surface area is 129 Å². The molecule has 1 amide bonds. The smallest absolute Gasteiger partial charge is 0.252 e. The van der Waals surface area contributed by atoms with E-state index >= 15 is 0 Å². The maximum Gasteiger partial charge on any atom is 0.252 e. The lowest BCUT2D eigenvalue weighted by Crippen LogP contribution is -2.24. The standard InChI is InChI=1S/C17H21N3O2/c1-4-6-19-16(21)14-7-13(9-18-10-14)15-8-12(5-2)17(22)20-11(15)3/h7-10H,4-6H2,1-3H3,(H,19,21)(H,20,22). The molecule has 0 atom stereocenters. The molecule has 2 heterocycles. The van der Waals surface area contributed by atoms with E-state index in [1.54, 1.807) is 18.5 Å². The molecular weight excluding hydrogens is 278 g/mol. The van der Waals surface area contributed by atoms with E-state index in [2.05, 4.69) is 15.3 Å². The van der Waals surface area contributed by atoms with Crippen LogP contribution in [0.1, 0.15) is 41.9 Å². The fourth-order valence-corrected chi connectivity index (χ4v) is 2.28. The fraction of sp³-hybridized carbons (Fsp3) is 0.353. The van der Waals surface area contributed by atoms with Gasteiger partial charge in [0.2, 0.25) is 0 Å². The van der Waals surface area contributed by atoms with Gasteiger partial charge in [-0.25, -0.2) is 0 Å². The third kappa shape index (κ3) is 3.42. The number of pyridine rings is 2. The number of carbonyl (C=O) groups excluding carboxylic acids is 1. The summed E-state index contributed by atoms with van der Waals surface area (Å²) in [6.45, 7) is 6.43. The summed E-state index contributed by atoms with van der Waals surface area (Å²) < 4.78 is 0. The number of rotatable bonds is 5. The summed E-state index contributed by atoms with van der Waals surface area (Å²) in [7, 11) is 0. The van der Waals surface area contributed by atoms with Gasteiger partial charge in [-0.2, -0.15) is 0 Å². The number of carbonyl (C=O) groups is 1. The van der Waals surface area contributed by atoms with Gasteiger partial charge < -0.3 is 10.3 Å². The van der Waals surface area contributed by atoms with Gasteiger partial charge in [0.1, 0.15) is 0 Å². The van der Waals surface area contributed by atoms with Crippen molar-refractivity contribution in [3.8, 4) is 11.1 Å². The highest BCUT2D eigenvalue weighted by molar-refractivity contribution is 5.95. The molecule has 0 bridgehead atoms. The number of H-pyrrole nitrogens is 1. The molecule has 22 heavy (non-hydrogen) atoms. The normalized spacial score (nSPS) is 10.5. The van der Waals surface area contributed by atoms with Crippen LogP contribution in [0.2, 0.25) is 0 Å². The van der Waals surface area contributed by atoms with E-state index < -0.39 is 0 Å². The van der Waals surface area contributed by atoms with Gasteiger partial charge in [0.25, 0.3) is 11.5 Å². The minimum absolute atomic E-state index is 0.0615. The maximum atomic E-state index is 12.0. The summed E-state index contributed by atoms with van der Waals surface area (Å²) in [6.07, 6.45) is 4.80. The zero-order valence-corrected chi connectivity index (χ0v) is 13.2. The van der Waals surface area contributed by atoms with E-state index in [0.717, 1.165) is 28.8 Å². The van der Waals surface area contributed by atoms with Gasteiger partial charge in [-0.1, -0.05) is 13.8 Å². The van der Waals surface area contributed by atoms with Crippen molar-refractivity contribution in [3.63, 3.8) is 0 Å². The molecule has 2 rings (SSSR count). The minimum Gasteiger partial charge on any atom is -0.352 e. The molecule has 0 aromatic carbocycles. The number of aromatic amines is 1. The van der Waals surface area contributed by atoms with Crippen LogP contribution >= 0.6 is 0 Å². The Bertz CT molecular complexity index is 735. The molecule has 5 nitrogen and oxygen atoms in total. The summed E-state index contributed by atoms with van der Waals surface area (Å²) in [6, 6.07) is 3.68. The Morgan fingerprint density at radius 1 is 1.27 bits per heavy atom. The van der Waals surface area contributed by atoms with Crippen LogP contribution in [0.5, 0.6) is 0 Å². The topological polar surface area (TPSA) is 74.8 Å². The highest BCUT2D eigenvalue weighted by atomic mass is 16.1. The van der Waals surface area contributed by atoms with Gasteiger partial charge in [0.05, 0.1) is 5.56 Å². The van der Waals surface area contributed by atoms with Crippen molar-refractivity contribution < 1.29 is 4.79 Å². The van der Waals surface area contributed by atoms with Crippen molar-refractivity contribution in [2.45, 2.75) is 33.6 Å². The minimum atomic E-state index is -0.131. The molecule has 2 N–H and O–H groups in total. The summed E-state index contributed by atoms with van der Waals surface area (Å²) >= 11 is 0. The lowest BCUT2D eigenvalue weighted by molar-refractivity contribution is 0.0953. The van der Waals surface area contributed by atoms with Crippen LogP contribution in [0.25, 0.3) is 11.1 Å². The van der Waals surface area contributed by atoms with Gasteiger partial charge in [0, 0.05) is 41.3 Å². The second-order valence-corrected chi connectivity index (χ2v) is 5.23. The van der Waals surface area contributed by atoms with E-state index in [1.807, 2.05) is 26.8 Å². The van der Waals surface area contributed by atoms with E-state index in [0.29, 0.717) is 18.5 Å². The predicted molar refractivity (Wildman–Crippen MR) is 87.0 cm³/mol. The Kier molecular flexibility index (Phi) is 5.09. The van der Waals surface area contributed by atoms with Crippen LogP contribution in [0.4, 0.5) is 0 Å². The van der Waals surface area contributed by atoms with Crippen molar-refractivity contribution in [2.24, 2.45) is 0 Å². The average Bonchev–Trinajstić information content (AvgIpc) is 2.53. The van der Waals surface area contributed by atoms with E-state index in [4.69, 9.17) is 0 Å². The number of amides is 1. The van der Waals surface area contributed by atoms with Gasteiger partial charge in [-0.3, -0.25) is 14.6 Å². The fourth-order valence-electron chi connectivity index (χ4n) is 2.28. The lowest BCUT2D eigenvalue weighted by Gasteiger charge is -2.09. The molecule has 0 aliphatic rings. The first-order valence-corrected chi connectivity index (χ1v) is 7.53. The molecule has 116 valence electrons. The molecule has 0 unspecified atom stereocenters. The average molecular weight is 299 g/mol. The predicted octanol–water partition coefficient (Wildman–Crippen LogP) is 2.45. The molecule has 5 heteroatoms. The Balaban J connectivity index is 2.42. The van der Waals surface area contributed by atoms with Crippen LogP contribution in [-0.4, -0.2) is 22.4 Å². The number of nitrogens with zero attached hydrogens (tertiary/aromatic N) is 1.